The molecular weight excluding hydrogens is 258 g/mol. The van der Waals surface area contributed by atoms with Gasteiger partial charge < -0.3 is 9.88 Å². The normalized spacial score (nSPS) is 11.1. The average molecular weight is 279 g/mol. The van der Waals surface area contributed by atoms with E-state index in [4.69, 9.17) is 0 Å². The predicted molar refractivity (Wildman–Crippen MR) is 87.0 cm³/mol. The zero-order valence-electron chi connectivity index (χ0n) is 12.4. The van der Waals surface area contributed by atoms with Crippen molar-refractivity contribution < 1.29 is 0 Å². The first-order valence-corrected chi connectivity index (χ1v) is 7.56. The second-order valence-electron chi connectivity index (χ2n) is 5.28. The van der Waals surface area contributed by atoms with Crippen LogP contribution in [0.4, 0.5) is 0 Å². The molecule has 3 rings (SSSR count). The summed E-state index contributed by atoms with van der Waals surface area (Å²) in [6.07, 6.45) is 5.07. The standard InChI is InChI=1S/C18H21N3/c1-2-11-21-12-10-20-18(21)14-19-13-16-8-5-7-15-6-3-4-9-17(15)16/h3-10,12,19H,2,11,13-14H2,1H3. The Labute approximate surface area is 125 Å². The number of benzene rings is 2. The van der Waals surface area contributed by atoms with Crippen LogP contribution in [0.3, 0.4) is 0 Å². The molecule has 3 aromatic rings. The summed E-state index contributed by atoms with van der Waals surface area (Å²) in [5, 5.41) is 6.13. The number of hydrogen-bond acceptors (Lipinski definition) is 2. The highest BCUT2D eigenvalue weighted by Crippen LogP contribution is 2.18. The first kappa shape index (κ1) is 13.8. The Morgan fingerprint density at radius 3 is 2.81 bits per heavy atom. The fourth-order valence-electron chi connectivity index (χ4n) is 2.71. The molecule has 1 heterocycles. The molecule has 0 aliphatic heterocycles. The van der Waals surface area contributed by atoms with Gasteiger partial charge in [-0.2, -0.15) is 0 Å². The number of rotatable bonds is 6. The van der Waals surface area contributed by atoms with Crippen LogP contribution in [0.2, 0.25) is 0 Å². The second-order valence-corrected chi connectivity index (χ2v) is 5.28. The summed E-state index contributed by atoms with van der Waals surface area (Å²) in [5.74, 6) is 1.11. The van der Waals surface area contributed by atoms with Crippen LogP contribution in [0, 0.1) is 0 Å². The van der Waals surface area contributed by atoms with Crippen molar-refractivity contribution in [2.75, 3.05) is 0 Å². The van der Waals surface area contributed by atoms with Crippen LogP contribution in [0.5, 0.6) is 0 Å². The Kier molecular flexibility index (Phi) is 4.31. The maximum absolute atomic E-state index is 4.43. The summed E-state index contributed by atoms with van der Waals surface area (Å²) >= 11 is 0. The minimum atomic E-state index is 0.802. The van der Waals surface area contributed by atoms with E-state index in [9.17, 15) is 0 Å². The Hall–Kier alpha value is -2.13. The first-order chi connectivity index (χ1) is 10.4. The van der Waals surface area contributed by atoms with E-state index in [1.807, 2.05) is 6.20 Å². The quantitative estimate of drug-likeness (QED) is 0.745. The van der Waals surface area contributed by atoms with Crippen molar-refractivity contribution in [3.05, 3.63) is 66.2 Å². The number of aryl methyl sites for hydroxylation is 1. The van der Waals surface area contributed by atoms with Gasteiger partial charge in [-0.05, 0) is 22.8 Å². The first-order valence-electron chi connectivity index (χ1n) is 7.56. The van der Waals surface area contributed by atoms with Crippen LogP contribution in [0.1, 0.15) is 24.7 Å². The molecule has 3 heteroatoms. The highest BCUT2D eigenvalue weighted by molar-refractivity contribution is 5.85. The van der Waals surface area contributed by atoms with Crippen LogP contribution >= 0.6 is 0 Å². The molecule has 0 bridgehead atoms. The zero-order chi connectivity index (χ0) is 14.5. The van der Waals surface area contributed by atoms with Crippen LogP contribution in [0.25, 0.3) is 10.8 Å². The average Bonchev–Trinajstić information content (AvgIpc) is 2.95. The van der Waals surface area contributed by atoms with E-state index in [0.29, 0.717) is 0 Å². The lowest BCUT2D eigenvalue weighted by molar-refractivity contribution is 0.589. The van der Waals surface area contributed by atoms with Gasteiger partial charge in [0.2, 0.25) is 0 Å². The molecule has 108 valence electrons. The third kappa shape index (κ3) is 3.14. The number of hydrogen-bond donors (Lipinski definition) is 1. The summed E-state index contributed by atoms with van der Waals surface area (Å²) in [4.78, 5) is 4.43. The Morgan fingerprint density at radius 2 is 1.90 bits per heavy atom. The van der Waals surface area contributed by atoms with E-state index >= 15 is 0 Å². The van der Waals surface area contributed by atoms with Gasteiger partial charge in [0.15, 0.2) is 0 Å². The molecule has 1 aromatic heterocycles. The van der Waals surface area contributed by atoms with Gasteiger partial charge in [-0.1, -0.05) is 49.4 Å². The van der Waals surface area contributed by atoms with E-state index in [-0.39, 0.29) is 0 Å². The minimum absolute atomic E-state index is 0.802. The largest absolute Gasteiger partial charge is 0.334 e. The number of nitrogens with zero attached hydrogens (tertiary/aromatic N) is 2. The van der Waals surface area contributed by atoms with Crippen LogP contribution in [-0.2, 0) is 19.6 Å². The van der Waals surface area contributed by atoms with Gasteiger partial charge in [-0.25, -0.2) is 4.98 Å². The van der Waals surface area contributed by atoms with Crippen LogP contribution in [-0.4, -0.2) is 9.55 Å². The van der Waals surface area contributed by atoms with Crippen molar-refractivity contribution in [1.29, 1.82) is 0 Å². The number of aromatic nitrogens is 2. The Balaban J connectivity index is 1.68. The molecule has 0 fully saturated rings. The molecule has 2 aromatic carbocycles. The lowest BCUT2D eigenvalue weighted by Crippen LogP contribution is -2.16. The van der Waals surface area contributed by atoms with E-state index in [1.54, 1.807) is 0 Å². The highest BCUT2D eigenvalue weighted by atomic mass is 15.1. The van der Waals surface area contributed by atoms with Gasteiger partial charge in [0.25, 0.3) is 0 Å². The van der Waals surface area contributed by atoms with Crippen molar-refractivity contribution in [2.45, 2.75) is 33.0 Å². The van der Waals surface area contributed by atoms with Crippen molar-refractivity contribution in [1.82, 2.24) is 14.9 Å². The van der Waals surface area contributed by atoms with Crippen LogP contribution < -0.4 is 5.32 Å². The molecule has 21 heavy (non-hydrogen) atoms. The molecule has 0 aliphatic carbocycles. The van der Waals surface area contributed by atoms with Gasteiger partial charge in [-0.3, -0.25) is 0 Å². The molecule has 0 amide bonds. The summed E-state index contributed by atoms with van der Waals surface area (Å²) in [5.41, 5.74) is 1.33. The molecular formula is C18H21N3. The summed E-state index contributed by atoms with van der Waals surface area (Å²) in [7, 11) is 0. The lowest BCUT2D eigenvalue weighted by atomic mass is 10.0. The molecule has 1 N–H and O–H groups in total. The topological polar surface area (TPSA) is 29.9 Å². The molecule has 3 nitrogen and oxygen atoms in total. The maximum Gasteiger partial charge on any atom is 0.122 e. The van der Waals surface area contributed by atoms with Gasteiger partial charge in [0.1, 0.15) is 5.82 Å². The molecule has 0 radical (unpaired) electrons. The van der Waals surface area contributed by atoms with E-state index < -0.39 is 0 Å². The van der Waals surface area contributed by atoms with Crippen molar-refractivity contribution >= 4 is 10.8 Å². The zero-order valence-corrected chi connectivity index (χ0v) is 12.4. The molecule has 0 atom stereocenters. The third-order valence-electron chi connectivity index (χ3n) is 3.74. The predicted octanol–water partition coefficient (Wildman–Crippen LogP) is 3.74. The number of nitrogens with one attached hydrogen (secondary N) is 1. The molecule has 0 saturated carbocycles. The van der Waals surface area contributed by atoms with Crippen molar-refractivity contribution in [3.63, 3.8) is 0 Å². The van der Waals surface area contributed by atoms with E-state index in [1.165, 1.54) is 16.3 Å². The number of fused-ring (bicyclic) bond motifs is 1. The maximum atomic E-state index is 4.43. The minimum Gasteiger partial charge on any atom is -0.334 e. The number of imidazole rings is 1. The second kappa shape index (κ2) is 6.55. The highest BCUT2D eigenvalue weighted by Gasteiger charge is 2.03. The van der Waals surface area contributed by atoms with Gasteiger partial charge >= 0.3 is 0 Å². The summed E-state index contributed by atoms with van der Waals surface area (Å²) in [6.45, 7) is 4.88. The Bertz CT molecular complexity index is 710. The SMILES string of the molecule is CCCn1ccnc1CNCc1cccc2ccccc12. The van der Waals surface area contributed by atoms with Gasteiger partial charge in [-0.15, -0.1) is 0 Å². The third-order valence-corrected chi connectivity index (χ3v) is 3.74. The molecule has 0 saturated heterocycles. The van der Waals surface area contributed by atoms with E-state index in [0.717, 1.165) is 31.9 Å². The molecule has 0 aliphatic rings. The van der Waals surface area contributed by atoms with Gasteiger partial charge in [0, 0.05) is 25.5 Å². The van der Waals surface area contributed by atoms with E-state index in [2.05, 4.69) is 70.5 Å². The fraction of sp³-hybridized carbons (Fsp3) is 0.278. The van der Waals surface area contributed by atoms with Crippen molar-refractivity contribution in [3.8, 4) is 0 Å². The lowest BCUT2D eigenvalue weighted by Gasteiger charge is -2.09. The monoisotopic (exact) mass is 279 g/mol. The van der Waals surface area contributed by atoms with Crippen molar-refractivity contribution in [2.24, 2.45) is 0 Å². The Morgan fingerprint density at radius 1 is 1.05 bits per heavy atom. The smallest absolute Gasteiger partial charge is 0.122 e. The van der Waals surface area contributed by atoms with Crippen LogP contribution in [0.15, 0.2) is 54.9 Å². The summed E-state index contributed by atoms with van der Waals surface area (Å²) in [6, 6.07) is 15.0. The molecule has 0 unspecified atom stereocenters. The van der Waals surface area contributed by atoms with Gasteiger partial charge in [0.05, 0.1) is 6.54 Å². The molecule has 0 spiro atoms. The summed E-state index contributed by atoms with van der Waals surface area (Å²) < 4.78 is 2.22. The fourth-order valence-corrected chi connectivity index (χ4v) is 2.71.